The molecule has 1 heteroatoms. The zero-order chi connectivity index (χ0) is 9.80. The summed E-state index contributed by atoms with van der Waals surface area (Å²) >= 11 is 3.43. The predicted molar refractivity (Wildman–Crippen MR) is 65.0 cm³/mol. The van der Waals surface area contributed by atoms with E-state index in [1.807, 2.05) is 0 Å². The van der Waals surface area contributed by atoms with Gasteiger partial charge in [0.1, 0.15) is 0 Å². The van der Waals surface area contributed by atoms with Gasteiger partial charge in [-0.3, -0.25) is 0 Å². The minimum atomic E-state index is 1.02. The van der Waals surface area contributed by atoms with Crippen molar-refractivity contribution >= 4 is 21.5 Å². The molecule has 1 aromatic carbocycles. The topological polar surface area (TPSA) is 0 Å². The van der Waals surface area contributed by atoms with Crippen molar-refractivity contribution in [2.24, 2.45) is 0 Å². The van der Waals surface area contributed by atoms with Crippen molar-refractivity contribution in [3.05, 3.63) is 64.7 Å². The van der Waals surface area contributed by atoms with Crippen LogP contribution < -0.4 is 0 Å². The molecule has 0 fully saturated rings. The molecule has 0 bridgehead atoms. The van der Waals surface area contributed by atoms with Gasteiger partial charge < -0.3 is 0 Å². The summed E-state index contributed by atoms with van der Waals surface area (Å²) < 4.78 is 1.12. The highest BCUT2D eigenvalue weighted by Crippen LogP contribution is 2.20. The van der Waals surface area contributed by atoms with Gasteiger partial charge >= 0.3 is 0 Å². The van der Waals surface area contributed by atoms with Crippen LogP contribution in [-0.4, -0.2) is 0 Å². The van der Waals surface area contributed by atoms with Crippen LogP contribution in [0, 0.1) is 0 Å². The number of rotatable bonds is 1. The molecule has 2 rings (SSSR count). The van der Waals surface area contributed by atoms with Crippen LogP contribution in [0.15, 0.2) is 59.1 Å². The Morgan fingerprint density at radius 3 is 2.57 bits per heavy atom. The average molecular weight is 247 g/mol. The first kappa shape index (κ1) is 9.47. The summed E-state index contributed by atoms with van der Waals surface area (Å²) in [4.78, 5) is 0. The Bertz CT molecular complexity index is 394. The average Bonchev–Trinajstić information content (AvgIpc) is 2.47. The molecule has 0 saturated carbocycles. The molecule has 0 saturated heterocycles. The van der Waals surface area contributed by atoms with Gasteiger partial charge in [-0.05, 0) is 29.7 Å². The number of hydrogen-bond donors (Lipinski definition) is 0. The van der Waals surface area contributed by atoms with Crippen molar-refractivity contribution in [3.63, 3.8) is 0 Å². The molecule has 1 aliphatic rings. The Hall–Kier alpha value is -1.08. The smallest absolute Gasteiger partial charge is 0.0175 e. The van der Waals surface area contributed by atoms with Crippen molar-refractivity contribution in [1.29, 1.82) is 0 Å². The van der Waals surface area contributed by atoms with E-state index in [1.54, 1.807) is 0 Å². The molecule has 0 atom stereocenters. The van der Waals surface area contributed by atoms with Gasteiger partial charge in [-0.25, -0.2) is 0 Å². The monoisotopic (exact) mass is 246 g/mol. The van der Waals surface area contributed by atoms with E-state index in [0.29, 0.717) is 0 Å². The Morgan fingerprint density at radius 1 is 1.00 bits per heavy atom. The first-order valence-corrected chi connectivity index (χ1v) is 5.45. The summed E-state index contributed by atoms with van der Waals surface area (Å²) in [6.07, 6.45) is 11.8. The lowest BCUT2D eigenvalue weighted by atomic mass is 10.1. The molecule has 70 valence electrons. The second-order valence-corrected chi connectivity index (χ2v) is 4.11. The zero-order valence-corrected chi connectivity index (χ0v) is 9.37. The first-order valence-electron chi connectivity index (χ1n) is 4.65. The van der Waals surface area contributed by atoms with Crippen LogP contribution >= 0.6 is 15.9 Å². The quantitative estimate of drug-likeness (QED) is 0.692. The molecule has 0 heterocycles. The minimum absolute atomic E-state index is 1.02. The molecule has 1 aromatic rings. The molecule has 0 radical (unpaired) electrons. The summed E-state index contributed by atoms with van der Waals surface area (Å²) in [6.45, 7) is 0. The molecule has 0 nitrogen and oxygen atoms in total. The van der Waals surface area contributed by atoms with Gasteiger partial charge in [0.05, 0.1) is 0 Å². The van der Waals surface area contributed by atoms with Crippen molar-refractivity contribution in [3.8, 4) is 0 Å². The number of halogens is 1. The molecule has 1 aliphatic carbocycles. The van der Waals surface area contributed by atoms with Gasteiger partial charge in [0, 0.05) is 4.47 Å². The molecular weight excluding hydrogens is 236 g/mol. The van der Waals surface area contributed by atoms with E-state index in [2.05, 4.69) is 70.6 Å². The summed E-state index contributed by atoms with van der Waals surface area (Å²) in [5.41, 5.74) is 2.53. The number of allylic oxidation sites excluding steroid dienone is 6. The highest BCUT2D eigenvalue weighted by molar-refractivity contribution is 9.10. The van der Waals surface area contributed by atoms with Crippen molar-refractivity contribution < 1.29 is 0 Å². The van der Waals surface area contributed by atoms with Crippen LogP contribution in [0.4, 0.5) is 0 Å². The largest absolute Gasteiger partial charge is 0.0807 e. The highest BCUT2D eigenvalue weighted by atomic mass is 79.9. The van der Waals surface area contributed by atoms with Gasteiger partial charge in [-0.2, -0.15) is 0 Å². The van der Waals surface area contributed by atoms with Gasteiger partial charge in [0.15, 0.2) is 0 Å². The van der Waals surface area contributed by atoms with Crippen LogP contribution in [0.1, 0.15) is 12.0 Å². The molecule has 14 heavy (non-hydrogen) atoms. The van der Waals surface area contributed by atoms with Crippen LogP contribution in [0.5, 0.6) is 0 Å². The van der Waals surface area contributed by atoms with Crippen LogP contribution in [0.3, 0.4) is 0 Å². The SMILES string of the molecule is Brc1ccc(C2=CC=CCC=C2)cc1. The predicted octanol–water partition coefficient (Wildman–Crippen LogP) is 4.35. The third-order valence-corrected chi connectivity index (χ3v) is 2.69. The molecule has 0 aromatic heterocycles. The third kappa shape index (κ3) is 2.24. The Kier molecular flexibility index (Phi) is 3.00. The van der Waals surface area contributed by atoms with Crippen molar-refractivity contribution in [2.75, 3.05) is 0 Å². The summed E-state index contributed by atoms with van der Waals surface area (Å²) in [5.74, 6) is 0. The number of hydrogen-bond acceptors (Lipinski definition) is 0. The van der Waals surface area contributed by atoms with Crippen LogP contribution in [0.2, 0.25) is 0 Å². The molecular formula is C13H11Br. The van der Waals surface area contributed by atoms with Crippen molar-refractivity contribution in [1.82, 2.24) is 0 Å². The first-order chi connectivity index (χ1) is 6.86. The second kappa shape index (κ2) is 4.43. The normalized spacial score (nSPS) is 15.1. The summed E-state index contributed by atoms with van der Waals surface area (Å²) in [5, 5.41) is 0. The Balaban J connectivity index is 2.34. The fourth-order valence-electron chi connectivity index (χ4n) is 1.41. The number of benzene rings is 1. The molecule has 0 spiro atoms. The van der Waals surface area contributed by atoms with E-state index in [1.165, 1.54) is 11.1 Å². The summed E-state index contributed by atoms with van der Waals surface area (Å²) in [6, 6.07) is 8.38. The van der Waals surface area contributed by atoms with Crippen molar-refractivity contribution in [2.45, 2.75) is 6.42 Å². The molecule has 0 aliphatic heterocycles. The lowest BCUT2D eigenvalue weighted by molar-refractivity contribution is 1.41. The van der Waals surface area contributed by atoms with Crippen LogP contribution in [0.25, 0.3) is 5.57 Å². The maximum atomic E-state index is 3.43. The zero-order valence-electron chi connectivity index (χ0n) is 7.78. The maximum Gasteiger partial charge on any atom is 0.0175 e. The van der Waals surface area contributed by atoms with E-state index >= 15 is 0 Å². The lowest BCUT2D eigenvalue weighted by Crippen LogP contribution is -1.79. The molecule has 0 unspecified atom stereocenters. The fourth-order valence-corrected chi connectivity index (χ4v) is 1.68. The maximum absolute atomic E-state index is 3.43. The Labute approximate surface area is 92.8 Å². The van der Waals surface area contributed by atoms with Gasteiger partial charge in [0.25, 0.3) is 0 Å². The van der Waals surface area contributed by atoms with E-state index in [-0.39, 0.29) is 0 Å². The fraction of sp³-hybridized carbons (Fsp3) is 0.0769. The van der Waals surface area contributed by atoms with Gasteiger partial charge in [-0.15, -0.1) is 0 Å². The van der Waals surface area contributed by atoms with E-state index in [0.717, 1.165) is 10.9 Å². The van der Waals surface area contributed by atoms with E-state index in [9.17, 15) is 0 Å². The van der Waals surface area contributed by atoms with E-state index < -0.39 is 0 Å². The van der Waals surface area contributed by atoms with Crippen LogP contribution in [-0.2, 0) is 0 Å². The van der Waals surface area contributed by atoms with Gasteiger partial charge in [0.2, 0.25) is 0 Å². The minimum Gasteiger partial charge on any atom is -0.0807 e. The second-order valence-electron chi connectivity index (χ2n) is 3.20. The third-order valence-electron chi connectivity index (χ3n) is 2.16. The lowest BCUT2D eigenvalue weighted by Gasteiger charge is -2.00. The molecule has 0 N–H and O–H groups in total. The van der Waals surface area contributed by atoms with E-state index in [4.69, 9.17) is 0 Å². The molecule has 0 amide bonds. The standard InChI is InChI=1S/C13H11Br/c14-13-9-7-12(8-10-13)11-5-3-1-2-4-6-11/h1,3-10H,2H2. The van der Waals surface area contributed by atoms with Gasteiger partial charge in [-0.1, -0.05) is 58.4 Å². The Morgan fingerprint density at radius 2 is 1.79 bits per heavy atom. The summed E-state index contributed by atoms with van der Waals surface area (Å²) in [7, 11) is 0. The highest BCUT2D eigenvalue weighted by Gasteiger charge is 1.97.